The third kappa shape index (κ3) is 5.19. The maximum Gasteiger partial charge on any atom is 0.244 e. The summed E-state index contributed by atoms with van der Waals surface area (Å²) in [5.41, 5.74) is 13.8. The van der Waals surface area contributed by atoms with Gasteiger partial charge in [0.2, 0.25) is 13.4 Å². The lowest BCUT2D eigenvalue weighted by molar-refractivity contribution is 1.76. The van der Waals surface area contributed by atoms with Crippen LogP contribution < -0.4 is 32.8 Å². The van der Waals surface area contributed by atoms with Crippen LogP contribution in [0.5, 0.6) is 0 Å². The van der Waals surface area contributed by atoms with E-state index < -0.39 is 0 Å². The van der Waals surface area contributed by atoms with Crippen LogP contribution in [-0.2, 0) is 0 Å². The number of hydrogen-bond acceptors (Lipinski definition) is 0. The van der Waals surface area contributed by atoms with Gasteiger partial charge in [0.25, 0.3) is 0 Å². The molecular formula is C72H40B2. The lowest BCUT2D eigenvalue weighted by Crippen LogP contribution is -2.49. The minimum Gasteiger partial charge on any atom is -0.0663 e. The molecule has 74 heavy (non-hydrogen) atoms. The van der Waals surface area contributed by atoms with Crippen molar-refractivity contribution in [3.05, 3.63) is 243 Å². The molecule has 0 radical (unpaired) electrons. The van der Waals surface area contributed by atoms with E-state index in [4.69, 9.17) is 0 Å². The summed E-state index contributed by atoms with van der Waals surface area (Å²) in [6.45, 7) is 0.0754. The van der Waals surface area contributed by atoms with E-state index in [1.807, 2.05) is 0 Å². The Bertz CT molecular complexity index is 4890. The largest absolute Gasteiger partial charge is 0.244 e. The molecule has 0 fully saturated rings. The van der Waals surface area contributed by atoms with Crippen molar-refractivity contribution in [1.29, 1.82) is 0 Å². The summed E-state index contributed by atoms with van der Waals surface area (Å²) >= 11 is 0. The van der Waals surface area contributed by atoms with Crippen LogP contribution in [0.1, 0.15) is 0 Å². The van der Waals surface area contributed by atoms with E-state index in [0.717, 1.165) is 0 Å². The Hall–Kier alpha value is -9.23. The zero-order valence-corrected chi connectivity index (χ0v) is 40.2. The van der Waals surface area contributed by atoms with Gasteiger partial charge in [0.15, 0.2) is 0 Å². The Morgan fingerprint density at radius 3 is 0.878 bits per heavy atom. The standard InChI is InChI=1S/C72H40B2/c1-5-15-45-35-59-49(31-41(45)11-1)19-9-21-63(59)73-65-39-53-25-28-56-68-54(26-27-55(67(53)68)69(65)57-29-23-51-33-43-13-3-7-17-47(43)37-61(51)71(57)73)40-66-70(56)58-30-24-52-34-44-14-4-8-18-48(44)38-62(52)72(58)74(66)64-22-10-20-50-32-42-12-2-6-16-46(42)36-60(50)64/h1-40H. The molecule has 0 N–H and O–H groups in total. The van der Waals surface area contributed by atoms with Crippen LogP contribution in [-0.4, -0.2) is 13.4 Å². The Morgan fingerprint density at radius 2 is 0.500 bits per heavy atom. The van der Waals surface area contributed by atoms with Gasteiger partial charge < -0.3 is 0 Å². The van der Waals surface area contributed by atoms with E-state index in [2.05, 4.69) is 243 Å². The zero-order chi connectivity index (χ0) is 47.9. The van der Waals surface area contributed by atoms with Crippen LogP contribution in [0.2, 0.25) is 0 Å². The summed E-state index contributed by atoms with van der Waals surface area (Å²) in [5, 5.41) is 28.7. The van der Waals surface area contributed by atoms with Crippen LogP contribution >= 0.6 is 0 Å². The highest BCUT2D eigenvalue weighted by molar-refractivity contribution is 7.03. The van der Waals surface area contributed by atoms with Crippen molar-refractivity contribution in [1.82, 2.24) is 0 Å². The SMILES string of the molecule is c1ccc2cc3c(B4c5cc6ccc7c8c(cc9ccc(c5-c5ccc%10cc%11ccccc%11cc%10c54)c6c97)B(c4cccc5cc6ccccc6cc45)c4c-8ccc5cc6ccccc6cc45)cccc3cc2c1. The van der Waals surface area contributed by atoms with E-state index in [0.29, 0.717) is 0 Å². The van der Waals surface area contributed by atoms with Crippen LogP contribution in [0.15, 0.2) is 243 Å². The monoisotopic (exact) mass is 926 g/mol. The second-order valence-electron chi connectivity index (χ2n) is 21.4. The lowest BCUT2D eigenvalue weighted by atomic mass is 9.37. The Labute approximate surface area is 427 Å². The molecule has 0 spiro atoms. The van der Waals surface area contributed by atoms with Crippen molar-refractivity contribution in [2.24, 2.45) is 0 Å². The Morgan fingerprint density at radius 1 is 0.189 bits per heavy atom. The quantitative estimate of drug-likeness (QED) is 0.0921. The number of hydrogen-bond donors (Lipinski definition) is 0. The predicted molar refractivity (Wildman–Crippen MR) is 323 cm³/mol. The lowest BCUT2D eigenvalue weighted by Gasteiger charge is -2.20. The molecule has 0 atom stereocenters. The fraction of sp³-hybridized carbons (Fsp3) is 0. The first kappa shape index (κ1) is 39.4. The van der Waals surface area contributed by atoms with Gasteiger partial charge in [-0.1, -0.05) is 227 Å². The molecule has 16 aromatic rings. The van der Waals surface area contributed by atoms with Crippen molar-refractivity contribution < 1.29 is 0 Å². The van der Waals surface area contributed by atoms with Crippen molar-refractivity contribution >= 4 is 165 Å². The van der Waals surface area contributed by atoms with E-state index in [1.54, 1.807) is 0 Å². The van der Waals surface area contributed by atoms with Gasteiger partial charge in [-0.2, -0.15) is 0 Å². The van der Waals surface area contributed by atoms with E-state index in [9.17, 15) is 0 Å². The van der Waals surface area contributed by atoms with Crippen LogP contribution in [0.3, 0.4) is 0 Å². The maximum atomic E-state index is 2.58. The van der Waals surface area contributed by atoms with Crippen molar-refractivity contribution in [2.45, 2.75) is 0 Å². The molecule has 334 valence electrons. The molecule has 18 rings (SSSR count). The average molecular weight is 927 g/mol. The maximum absolute atomic E-state index is 2.58. The molecule has 0 aromatic heterocycles. The topological polar surface area (TPSA) is 0 Å². The second-order valence-corrected chi connectivity index (χ2v) is 21.4. The molecule has 2 aliphatic heterocycles. The minimum atomic E-state index is 0.0377. The van der Waals surface area contributed by atoms with Gasteiger partial charge >= 0.3 is 0 Å². The summed E-state index contributed by atoms with van der Waals surface area (Å²) in [6.07, 6.45) is 0. The zero-order valence-electron chi connectivity index (χ0n) is 40.2. The third-order valence-corrected chi connectivity index (χ3v) is 17.7. The molecule has 2 heterocycles. The smallest absolute Gasteiger partial charge is 0.0663 e. The molecule has 0 amide bonds. The average Bonchev–Trinajstić information content (AvgIpc) is 3.98. The Kier molecular flexibility index (Phi) is 7.59. The predicted octanol–water partition coefficient (Wildman–Crippen LogP) is 14.8. The van der Waals surface area contributed by atoms with Gasteiger partial charge in [-0.3, -0.25) is 0 Å². The van der Waals surface area contributed by atoms with Crippen LogP contribution in [0.25, 0.3) is 141 Å². The molecule has 2 aliphatic rings. The van der Waals surface area contributed by atoms with Gasteiger partial charge in [-0.25, -0.2) is 0 Å². The normalized spacial score (nSPS) is 13.1. The van der Waals surface area contributed by atoms with Gasteiger partial charge in [0, 0.05) is 0 Å². The van der Waals surface area contributed by atoms with Gasteiger partial charge in [0.1, 0.15) is 0 Å². The van der Waals surface area contributed by atoms with Gasteiger partial charge in [-0.15, -0.1) is 0 Å². The Balaban J connectivity index is 0.942. The summed E-state index contributed by atoms with van der Waals surface area (Å²) < 4.78 is 0. The molecule has 16 aromatic carbocycles. The first-order chi connectivity index (χ1) is 36.7. The summed E-state index contributed by atoms with van der Waals surface area (Å²) in [4.78, 5) is 0. The highest BCUT2D eigenvalue weighted by atomic mass is 14.3. The van der Waals surface area contributed by atoms with Crippen molar-refractivity contribution in [3.63, 3.8) is 0 Å². The first-order valence-electron chi connectivity index (χ1n) is 26.2. The van der Waals surface area contributed by atoms with Gasteiger partial charge in [-0.05, 0) is 189 Å². The van der Waals surface area contributed by atoms with Crippen molar-refractivity contribution in [2.75, 3.05) is 0 Å². The molecule has 0 saturated carbocycles. The highest BCUT2D eigenvalue weighted by Crippen LogP contribution is 2.45. The molecular weight excluding hydrogens is 886 g/mol. The number of benzene rings is 16. The number of fused-ring (bicyclic) bond motifs is 18. The molecule has 2 heteroatoms. The van der Waals surface area contributed by atoms with E-state index >= 15 is 0 Å². The number of rotatable bonds is 2. The van der Waals surface area contributed by atoms with E-state index in [1.165, 1.54) is 174 Å². The van der Waals surface area contributed by atoms with Crippen molar-refractivity contribution in [3.8, 4) is 22.3 Å². The van der Waals surface area contributed by atoms with Crippen LogP contribution in [0, 0.1) is 0 Å². The molecule has 0 unspecified atom stereocenters. The minimum absolute atomic E-state index is 0.0377. The van der Waals surface area contributed by atoms with Crippen LogP contribution in [0.4, 0.5) is 0 Å². The second kappa shape index (κ2) is 14.3. The van der Waals surface area contributed by atoms with Gasteiger partial charge in [0.05, 0.1) is 0 Å². The fourth-order valence-corrected chi connectivity index (χ4v) is 14.6. The first-order valence-corrected chi connectivity index (χ1v) is 26.2. The molecule has 0 saturated heterocycles. The summed E-state index contributed by atoms with van der Waals surface area (Å²) in [6, 6.07) is 93.5. The molecule has 0 bridgehead atoms. The fourth-order valence-electron chi connectivity index (χ4n) is 14.6. The summed E-state index contributed by atoms with van der Waals surface area (Å²) in [5.74, 6) is 0. The summed E-state index contributed by atoms with van der Waals surface area (Å²) in [7, 11) is 0. The molecule has 0 nitrogen and oxygen atoms in total. The third-order valence-electron chi connectivity index (χ3n) is 17.7. The molecule has 0 aliphatic carbocycles. The highest BCUT2D eigenvalue weighted by Gasteiger charge is 2.40. The van der Waals surface area contributed by atoms with E-state index in [-0.39, 0.29) is 13.4 Å².